The fourth-order valence-electron chi connectivity index (χ4n) is 3.78. The van der Waals surface area contributed by atoms with Crippen LogP contribution in [0.3, 0.4) is 0 Å². The molecule has 5 nitrogen and oxygen atoms in total. The van der Waals surface area contributed by atoms with E-state index in [0.717, 1.165) is 50.5 Å². The molecule has 2 aliphatic rings. The zero-order chi connectivity index (χ0) is 17.6. The molecule has 1 atom stereocenters. The van der Waals surface area contributed by atoms with E-state index in [9.17, 15) is 0 Å². The Bertz CT molecular complexity index is 568. The fraction of sp³-hybridized carbons (Fsp3) is 0.650. The van der Waals surface area contributed by atoms with Crippen LogP contribution < -0.4 is 10.1 Å². The first-order valence-electron chi connectivity index (χ1n) is 9.58. The molecule has 0 bridgehead atoms. The van der Waals surface area contributed by atoms with Gasteiger partial charge in [0, 0.05) is 45.2 Å². The SMILES string of the molecule is CCN(CCNC(=NC)N1CCC(c2ccc(OC)cc2)C1)C1CC1. The van der Waals surface area contributed by atoms with Crippen molar-refractivity contribution in [2.75, 3.05) is 46.9 Å². The van der Waals surface area contributed by atoms with Gasteiger partial charge >= 0.3 is 0 Å². The minimum Gasteiger partial charge on any atom is -0.497 e. The van der Waals surface area contributed by atoms with E-state index in [0.29, 0.717) is 5.92 Å². The number of likely N-dealkylation sites (N-methyl/N-ethyl adjacent to an activating group) is 1. The molecule has 0 amide bonds. The average Bonchev–Trinajstić information content (AvgIpc) is 3.38. The van der Waals surface area contributed by atoms with Crippen molar-refractivity contribution in [2.45, 2.75) is 38.1 Å². The van der Waals surface area contributed by atoms with E-state index in [1.807, 2.05) is 7.05 Å². The predicted octanol–water partition coefficient (Wildman–Crippen LogP) is 2.54. The van der Waals surface area contributed by atoms with Gasteiger partial charge in [-0.15, -0.1) is 0 Å². The zero-order valence-electron chi connectivity index (χ0n) is 15.9. The maximum Gasteiger partial charge on any atom is 0.193 e. The van der Waals surface area contributed by atoms with Crippen LogP contribution in [0, 0.1) is 0 Å². The Kier molecular flexibility index (Phi) is 6.19. The van der Waals surface area contributed by atoms with Gasteiger partial charge in [-0.2, -0.15) is 0 Å². The highest BCUT2D eigenvalue weighted by Crippen LogP contribution is 2.28. The van der Waals surface area contributed by atoms with Gasteiger partial charge in [0.25, 0.3) is 0 Å². The molecule has 25 heavy (non-hydrogen) atoms. The Labute approximate surface area is 152 Å². The molecule has 1 aliphatic carbocycles. The van der Waals surface area contributed by atoms with Crippen molar-refractivity contribution in [3.63, 3.8) is 0 Å². The summed E-state index contributed by atoms with van der Waals surface area (Å²) in [6, 6.07) is 9.33. The van der Waals surface area contributed by atoms with Crippen molar-refractivity contribution < 1.29 is 4.74 Å². The summed E-state index contributed by atoms with van der Waals surface area (Å²) >= 11 is 0. The third-order valence-corrected chi connectivity index (χ3v) is 5.44. The van der Waals surface area contributed by atoms with Crippen LogP contribution in [0.2, 0.25) is 0 Å². The summed E-state index contributed by atoms with van der Waals surface area (Å²) in [5.41, 5.74) is 1.39. The monoisotopic (exact) mass is 344 g/mol. The molecule has 2 fully saturated rings. The van der Waals surface area contributed by atoms with Crippen LogP contribution >= 0.6 is 0 Å². The number of methoxy groups -OCH3 is 1. The minimum absolute atomic E-state index is 0.572. The molecule has 1 aromatic rings. The van der Waals surface area contributed by atoms with E-state index in [1.54, 1.807) is 7.11 Å². The Hall–Kier alpha value is -1.75. The first-order chi connectivity index (χ1) is 12.2. The van der Waals surface area contributed by atoms with Crippen LogP contribution in [-0.2, 0) is 0 Å². The number of rotatable bonds is 7. The number of aliphatic imine (C=N–C) groups is 1. The van der Waals surface area contributed by atoms with Crippen molar-refractivity contribution in [1.82, 2.24) is 15.1 Å². The van der Waals surface area contributed by atoms with Gasteiger partial charge in [0.05, 0.1) is 7.11 Å². The molecular formula is C20H32N4O. The Morgan fingerprint density at radius 3 is 2.64 bits per heavy atom. The van der Waals surface area contributed by atoms with Crippen LogP contribution in [0.4, 0.5) is 0 Å². The van der Waals surface area contributed by atoms with Gasteiger partial charge in [-0.3, -0.25) is 9.89 Å². The van der Waals surface area contributed by atoms with Crippen LogP contribution in [0.25, 0.3) is 0 Å². The van der Waals surface area contributed by atoms with Crippen LogP contribution in [-0.4, -0.2) is 68.7 Å². The van der Waals surface area contributed by atoms with E-state index in [1.165, 1.54) is 24.8 Å². The zero-order valence-corrected chi connectivity index (χ0v) is 15.9. The van der Waals surface area contributed by atoms with Gasteiger partial charge in [0.1, 0.15) is 5.75 Å². The second-order valence-electron chi connectivity index (χ2n) is 7.04. The van der Waals surface area contributed by atoms with Crippen molar-refractivity contribution in [1.29, 1.82) is 0 Å². The van der Waals surface area contributed by atoms with Crippen LogP contribution in [0.5, 0.6) is 5.75 Å². The fourth-order valence-corrected chi connectivity index (χ4v) is 3.78. The minimum atomic E-state index is 0.572. The van der Waals surface area contributed by atoms with Crippen molar-refractivity contribution in [3.05, 3.63) is 29.8 Å². The number of hydrogen-bond donors (Lipinski definition) is 1. The summed E-state index contributed by atoms with van der Waals surface area (Å²) in [5, 5.41) is 3.56. The molecule has 0 aromatic heterocycles. The third-order valence-electron chi connectivity index (χ3n) is 5.44. The summed E-state index contributed by atoms with van der Waals surface area (Å²) in [6.07, 6.45) is 3.92. The lowest BCUT2D eigenvalue weighted by Crippen LogP contribution is -2.43. The normalized spacial score (nSPS) is 21.0. The summed E-state index contributed by atoms with van der Waals surface area (Å²) < 4.78 is 5.26. The first kappa shape index (κ1) is 18.1. The van der Waals surface area contributed by atoms with E-state index >= 15 is 0 Å². The Morgan fingerprint density at radius 2 is 2.04 bits per heavy atom. The highest BCUT2D eigenvalue weighted by atomic mass is 16.5. The third kappa shape index (κ3) is 4.66. The molecule has 1 aliphatic heterocycles. The van der Waals surface area contributed by atoms with Gasteiger partial charge in [0.15, 0.2) is 5.96 Å². The van der Waals surface area contributed by atoms with Gasteiger partial charge in [0.2, 0.25) is 0 Å². The highest BCUT2D eigenvalue weighted by molar-refractivity contribution is 5.80. The summed E-state index contributed by atoms with van der Waals surface area (Å²) in [5.74, 6) is 2.54. The molecule has 1 saturated carbocycles. The number of benzene rings is 1. The molecule has 1 heterocycles. The van der Waals surface area contributed by atoms with E-state index in [-0.39, 0.29) is 0 Å². The summed E-state index contributed by atoms with van der Waals surface area (Å²) in [7, 11) is 3.60. The topological polar surface area (TPSA) is 40.1 Å². The molecule has 0 spiro atoms. The van der Waals surface area contributed by atoms with Gasteiger partial charge in [-0.25, -0.2) is 0 Å². The molecule has 0 radical (unpaired) electrons. The molecule has 1 N–H and O–H groups in total. The number of nitrogens with zero attached hydrogens (tertiary/aromatic N) is 3. The van der Waals surface area contributed by atoms with E-state index in [2.05, 4.69) is 51.3 Å². The summed E-state index contributed by atoms with van der Waals surface area (Å²) in [6.45, 7) is 7.58. The molecule has 1 unspecified atom stereocenters. The molecule has 138 valence electrons. The van der Waals surface area contributed by atoms with E-state index in [4.69, 9.17) is 4.74 Å². The lowest BCUT2D eigenvalue weighted by molar-refractivity contribution is 0.280. The largest absolute Gasteiger partial charge is 0.497 e. The second-order valence-corrected chi connectivity index (χ2v) is 7.04. The van der Waals surface area contributed by atoms with Gasteiger partial charge in [-0.1, -0.05) is 19.1 Å². The number of likely N-dealkylation sites (tertiary alicyclic amines) is 1. The number of hydrogen-bond acceptors (Lipinski definition) is 3. The van der Waals surface area contributed by atoms with Gasteiger partial charge in [-0.05, 0) is 43.5 Å². The lowest BCUT2D eigenvalue weighted by Gasteiger charge is -2.24. The number of ether oxygens (including phenoxy) is 1. The standard InChI is InChI=1S/C20H32N4O/c1-4-23(18-7-8-18)14-12-22-20(21-2)24-13-11-17(15-24)16-5-9-19(25-3)10-6-16/h5-6,9-10,17-18H,4,7-8,11-15H2,1-3H3,(H,21,22). The molecule has 1 saturated heterocycles. The average molecular weight is 345 g/mol. The Morgan fingerprint density at radius 1 is 1.28 bits per heavy atom. The maximum absolute atomic E-state index is 5.26. The maximum atomic E-state index is 5.26. The molecule has 1 aromatic carbocycles. The molecular weight excluding hydrogens is 312 g/mol. The number of nitrogens with one attached hydrogen (secondary N) is 1. The quantitative estimate of drug-likeness (QED) is 0.610. The van der Waals surface area contributed by atoms with Crippen LogP contribution in [0.15, 0.2) is 29.3 Å². The molecule has 3 rings (SSSR count). The van der Waals surface area contributed by atoms with E-state index < -0.39 is 0 Å². The second kappa shape index (κ2) is 8.56. The van der Waals surface area contributed by atoms with Crippen molar-refractivity contribution in [3.8, 4) is 5.75 Å². The predicted molar refractivity (Wildman–Crippen MR) is 104 cm³/mol. The van der Waals surface area contributed by atoms with Gasteiger partial charge < -0.3 is 15.0 Å². The number of guanidine groups is 1. The molecule has 5 heteroatoms. The van der Waals surface area contributed by atoms with Crippen molar-refractivity contribution >= 4 is 5.96 Å². The highest BCUT2D eigenvalue weighted by Gasteiger charge is 2.28. The van der Waals surface area contributed by atoms with Crippen LogP contribution in [0.1, 0.15) is 37.7 Å². The smallest absolute Gasteiger partial charge is 0.193 e. The summed E-state index contributed by atoms with van der Waals surface area (Å²) in [4.78, 5) is 9.47. The van der Waals surface area contributed by atoms with Crippen molar-refractivity contribution in [2.24, 2.45) is 4.99 Å². The Balaban J connectivity index is 1.48. The first-order valence-corrected chi connectivity index (χ1v) is 9.58. The lowest BCUT2D eigenvalue weighted by atomic mass is 9.98.